The van der Waals surface area contributed by atoms with E-state index >= 15 is 0 Å². The first-order valence-electron chi connectivity index (χ1n) is 5.93. The molecule has 5 heteroatoms. The van der Waals surface area contributed by atoms with Gasteiger partial charge in [-0.2, -0.15) is 0 Å². The lowest BCUT2D eigenvalue weighted by atomic mass is 10.1. The summed E-state index contributed by atoms with van der Waals surface area (Å²) in [5.74, 6) is 0.138. The molecule has 0 bridgehead atoms. The number of hydrogen-bond acceptors (Lipinski definition) is 4. The Morgan fingerprint density at radius 3 is 2.50 bits per heavy atom. The van der Waals surface area contributed by atoms with E-state index < -0.39 is 0 Å². The van der Waals surface area contributed by atoms with Gasteiger partial charge in [-0.3, -0.25) is 4.79 Å². The largest absolute Gasteiger partial charge is 0.288 e. The van der Waals surface area contributed by atoms with Gasteiger partial charge in [-0.05, 0) is 30.3 Å². The van der Waals surface area contributed by atoms with Crippen molar-refractivity contribution in [3.63, 3.8) is 0 Å². The van der Waals surface area contributed by atoms with Gasteiger partial charge in [0.2, 0.25) is 5.78 Å². The molecule has 0 aromatic heterocycles. The monoisotopic (exact) mass is 334 g/mol. The first-order valence-corrected chi connectivity index (χ1v) is 8.76. The van der Waals surface area contributed by atoms with Crippen LogP contribution >= 0.6 is 46.9 Å². The molecule has 20 heavy (non-hydrogen) atoms. The highest BCUT2D eigenvalue weighted by Gasteiger charge is 2.31. The summed E-state index contributed by atoms with van der Waals surface area (Å²) in [7, 11) is 0. The molecule has 4 rings (SSSR count). The predicted octanol–water partition coefficient (Wildman–Crippen LogP) is 5.70. The lowest BCUT2D eigenvalue weighted by Crippen LogP contribution is -1.94. The molecule has 0 aliphatic carbocycles. The van der Waals surface area contributed by atoms with Gasteiger partial charge in [0.25, 0.3) is 0 Å². The predicted molar refractivity (Wildman–Crippen MR) is 86.8 cm³/mol. The molecule has 0 N–H and O–H groups in total. The molecule has 98 valence electrons. The van der Waals surface area contributed by atoms with Gasteiger partial charge in [0.1, 0.15) is 0 Å². The van der Waals surface area contributed by atoms with Crippen LogP contribution in [-0.2, 0) is 0 Å². The van der Waals surface area contributed by atoms with E-state index in [1.54, 1.807) is 35.3 Å². The Morgan fingerprint density at radius 2 is 1.65 bits per heavy atom. The van der Waals surface area contributed by atoms with Crippen LogP contribution in [0.25, 0.3) is 0 Å². The number of Topliss-reactive ketones (excluding diaryl/α,β-unsaturated/α-hetero) is 1. The number of hydrogen-bond donors (Lipinski definition) is 0. The highest BCUT2D eigenvalue weighted by atomic mass is 35.5. The molecule has 0 saturated carbocycles. The first kappa shape index (κ1) is 12.9. The van der Waals surface area contributed by atoms with E-state index in [9.17, 15) is 4.79 Å². The zero-order chi connectivity index (χ0) is 13.7. The van der Waals surface area contributed by atoms with Crippen LogP contribution in [0.4, 0.5) is 0 Å². The molecule has 2 aromatic rings. The average Bonchev–Trinajstić information content (AvgIpc) is 3.00. The van der Waals surface area contributed by atoms with Crippen molar-refractivity contribution in [1.82, 2.24) is 0 Å². The Morgan fingerprint density at radius 1 is 0.850 bits per heavy atom. The average molecular weight is 335 g/mol. The molecule has 0 saturated heterocycles. The van der Waals surface area contributed by atoms with E-state index in [1.165, 1.54) is 4.90 Å². The Bertz CT molecular complexity index is 782. The molecular formula is C15H7ClOS3. The maximum atomic E-state index is 12.5. The standard InChI is InChI=1S/C15H7ClOS3/c16-8-5-6-11-12(7-8)20-15(19-11)14-13(17)9-3-1-2-4-10(9)18-14/h1-7H/b15-14-. The molecule has 2 aliphatic heterocycles. The molecule has 2 aliphatic rings. The molecule has 2 aromatic carbocycles. The first-order chi connectivity index (χ1) is 9.72. The van der Waals surface area contributed by atoms with Crippen LogP contribution in [0.1, 0.15) is 10.4 Å². The van der Waals surface area contributed by atoms with E-state index in [0.29, 0.717) is 0 Å². The van der Waals surface area contributed by atoms with Crippen molar-refractivity contribution in [1.29, 1.82) is 0 Å². The molecule has 0 atom stereocenters. The van der Waals surface area contributed by atoms with Crippen molar-refractivity contribution in [2.45, 2.75) is 14.7 Å². The van der Waals surface area contributed by atoms with Crippen molar-refractivity contribution in [2.24, 2.45) is 0 Å². The van der Waals surface area contributed by atoms with Gasteiger partial charge in [0.05, 0.1) is 9.14 Å². The number of carbonyl (C=O) groups is 1. The SMILES string of the molecule is O=C1/C(=C2\Sc3ccc(Cl)cc3S2)Sc2ccccc21. The van der Waals surface area contributed by atoms with Crippen LogP contribution in [-0.4, -0.2) is 5.78 Å². The Labute approximate surface area is 134 Å². The fraction of sp³-hybridized carbons (Fsp3) is 0. The second-order valence-corrected chi connectivity index (χ2v) is 8.19. The summed E-state index contributed by atoms with van der Waals surface area (Å²) in [5, 5.41) is 0.733. The Balaban J connectivity index is 1.76. The quantitative estimate of drug-likeness (QED) is 0.575. The number of rotatable bonds is 0. The number of benzene rings is 2. The van der Waals surface area contributed by atoms with Gasteiger partial charge in [0, 0.05) is 25.3 Å². The lowest BCUT2D eigenvalue weighted by Gasteiger charge is -1.98. The molecule has 0 radical (unpaired) electrons. The van der Waals surface area contributed by atoms with Crippen molar-refractivity contribution in [3.05, 3.63) is 62.2 Å². The van der Waals surface area contributed by atoms with E-state index in [-0.39, 0.29) is 5.78 Å². The minimum absolute atomic E-state index is 0.138. The van der Waals surface area contributed by atoms with E-state index in [0.717, 1.165) is 29.5 Å². The number of halogens is 1. The summed E-state index contributed by atoms with van der Waals surface area (Å²) in [6.07, 6.45) is 0. The summed E-state index contributed by atoms with van der Waals surface area (Å²) >= 11 is 10.9. The third-order valence-electron chi connectivity index (χ3n) is 3.05. The van der Waals surface area contributed by atoms with Crippen LogP contribution in [0.15, 0.2) is 66.3 Å². The number of allylic oxidation sites excluding steroid dienone is 1. The van der Waals surface area contributed by atoms with Crippen LogP contribution in [0, 0.1) is 0 Å². The normalized spacial score (nSPS) is 20.1. The lowest BCUT2D eigenvalue weighted by molar-refractivity contribution is 0.104. The smallest absolute Gasteiger partial charge is 0.202 e. The maximum absolute atomic E-state index is 12.5. The number of thioether (sulfide) groups is 3. The zero-order valence-corrected chi connectivity index (χ0v) is 13.3. The topological polar surface area (TPSA) is 17.1 Å². The number of fused-ring (bicyclic) bond motifs is 2. The van der Waals surface area contributed by atoms with Crippen molar-refractivity contribution in [2.75, 3.05) is 0 Å². The van der Waals surface area contributed by atoms with Crippen LogP contribution in [0.3, 0.4) is 0 Å². The van der Waals surface area contributed by atoms with E-state index in [2.05, 4.69) is 0 Å². The molecule has 0 fully saturated rings. The van der Waals surface area contributed by atoms with Crippen molar-refractivity contribution in [3.8, 4) is 0 Å². The number of ketones is 1. The Hall–Kier alpha value is -0.810. The van der Waals surface area contributed by atoms with E-state index in [4.69, 9.17) is 11.6 Å². The summed E-state index contributed by atoms with van der Waals surface area (Å²) in [6.45, 7) is 0. The van der Waals surface area contributed by atoms with Gasteiger partial charge in [-0.15, -0.1) is 0 Å². The minimum atomic E-state index is 0.138. The van der Waals surface area contributed by atoms with Crippen LogP contribution in [0.5, 0.6) is 0 Å². The van der Waals surface area contributed by atoms with Gasteiger partial charge in [-0.1, -0.05) is 59.0 Å². The third-order valence-corrected chi connectivity index (χ3v) is 7.25. The van der Waals surface area contributed by atoms with Crippen molar-refractivity contribution >= 4 is 52.7 Å². The molecule has 0 unspecified atom stereocenters. The van der Waals surface area contributed by atoms with Crippen molar-refractivity contribution < 1.29 is 4.79 Å². The van der Waals surface area contributed by atoms with Gasteiger partial charge in [0.15, 0.2) is 0 Å². The number of carbonyl (C=O) groups excluding carboxylic acids is 1. The fourth-order valence-corrected chi connectivity index (χ4v) is 6.15. The molecular weight excluding hydrogens is 328 g/mol. The summed E-state index contributed by atoms with van der Waals surface area (Å²) in [4.78, 5) is 16.7. The molecule has 0 spiro atoms. The molecule has 1 nitrogen and oxygen atoms in total. The van der Waals surface area contributed by atoms with Crippen LogP contribution < -0.4 is 0 Å². The summed E-state index contributed by atoms with van der Waals surface area (Å²) in [5.41, 5.74) is 0.815. The highest BCUT2D eigenvalue weighted by Crippen LogP contribution is 2.56. The molecule has 2 heterocycles. The van der Waals surface area contributed by atoms with Gasteiger partial charge >= 0.3 is 0 Å². The fourth-order valence-electron chi connectivity index (χ4n) is 2.12. The van der Waals surface area contributed by atoms with Gasteiger partial charge in [-0.25, -0.2) is 0 Å². The summed E-state index contributed by atoms with van der Waals surface area (Å²) < 4.78 is 1.06. The second kappa shape index (κ2) is 4.88. The van der Waals surface area contributed by atoms with Crippen LogP contribution in [0.2, 0.25) is 5.02 Å². The maximum Gasteiger partial charge on any atom is 0.202 e. The summed E-state index contributed by atoms with van der Waals surface area (Å²) in [6, 6.07) is 13.6. The van der Waals surface area contributed by atoms with E-state index in [1.807, 2.05) is 42.5 Å². The molecule has 0 amide bonds. The third kappa shape index (κ3) is 2.02. The highest BCUT2D eigenvalue weighted by molar-refractivity contribution is 8.25. The zero-order valence-electron chi connectivity index (χ0n) is 10.1. The van der Waals surface area contributed by atoms with Gasteiger partial charge < -0.3 is 0 Å². The Kier molecular flexibility index (Phi) is 3.15. The minimum Gasteiger partial charge on any atom is -0.288 e. The second-order valence-electron chi connectivity index (χ2n) is 4.34.